The number of anilines is 1. The lowest BCUT2D eigenvalue weighted by atomic mass is 10.0. The van der Waals surface area contributed by atoms with Gasteiger partial charge in [-0.2, -0.15) is 4.31 Å². The highest BCUT2D eigenvalue weighted by molar-refractivity contribution is 7.89. The Morgan fingerprint density at radius 3 is 2.32 bits per heavy atom. The highest BCUT2D eigenvalue weighted by Gasteiger charge is 2.29. The van der Waals surface area contributed by atoms with E-state index >= 15 is 0 Å². The maximum absolute atomic E-state index is 13.1. The smallest absolute Gasteiger partial charge is 0.321 e. The van der Waals surface area contributed by atoms with Crippen LogP contribution < -0.4 is 16.0 Å². The number of likely N-dealkylation sites (N-methyl/N-ethyl adjacent to an activating group) is 1. The lowest BCUT2D eigenvalue weighted by Gasteiger charge is -2.25. The second kappa shape index (κ2) is 12.2. The zero-order valence-corrected chi connectivity index (χ0v) is 22.1. The molecule has 0 unspecified atom stereocenters. The van der Waals surface area contributed by atoms with Crippen molar-refractivity contribution in [1.82, 2.24) is 19.8 Å². The zero-order valence-electron chi connectivity index (χ0n) is 20.5. The molecular weight excluding hydrogens is 518 g/mol. The molecule has 198 valence electrons. The number of benzene rings is 1. The largest absolute Gasteiger partial charge is 0.341 e. The van der Waals surface area contributed by atoms with Gasteiger partial charge in [-0.25, -0.2) is 13.2 Å². The molecule has 14 heteroatoms. The number of thiophene rings is 1. The van der Waals surface area contributed by atoms with Crippen molar-refractivity contribution in [3.63, 3.8) is 0 Å². The normalized spacial score (nSPS) is 13.5. The predicted molar refractivity (Wildman–Crippen MR) is 142 cm³/mol. The first-order chi connectivity index (χ1) is 17.7. The van der Waals surface area contributed by atoms with Crippen LogP contribution in [0.2, 0.25) is 0 Å². The van der Waals surface area contributed by atoms with E-state index in [9.17, 15) is 22.8 Å². The maximum Gasteiger partial charge on any atom is 0.321 e. The molecule has 0 spiro atoms. The van der Waals surface area contributed by atoms with Crippen LogP contribution in [0, 0.1) is 10.8 Å². The molecule has 5 N–H and O–H groups in total. The fourth-order valence-electron chi connectivity index (χ4n) is 3.86. The van der Waals surface area contributed by atoms with Gasteiger partial charge in [-0.3, -0.25) is 19.8 Å². The lowest BCUT2D eigenvalue weighted by Crippen LogP contribution is -2.38. The number of imide groups is 1. The van der Waals surface area contributed by atoms with Gasteiger partial charge in [0.15, 0.2) is 0 Å². The molecule has 0 bridgehead atoms. The van der Waals surface area contributed by atoms with Gasteiger partial charge < -0.3 is 21.5 Å². The molecule has 12 nitrogen and oxygen atoms in total. The summed E-state index contributed by atoms with van der Waals surface area (Å²) in [7, 11) is -2.57. The number of amides is 4. The van der Waals surface area contributed by atoms with E-state index in [1.165, 1.54) is 42.6 Å². The zero-order chi connectivity index (χ0) is 27.2. The van der Waals surface area contributed by atoms with E-state index in [-0.39, 0.29) is 29.1 Å². The molecule has 1 aliphatic rings. The number of rotatable bonds is 10. The summed E-state index contributed by atoms with van der Waals surface area (Å²) < 4.78 is 26.6. The summed E-state index contributed by atoms with van der Waals surface area (Å²) in [6, 6.07) is 4.61. The third-order valence-corrected chi connectivity index (χ3v) is 8.81. The summed E-state index contributed by atoms with van der Waals surface area (Å²) in [6.07, 6.45) is 2.46. The Balaban J connectivity index is 1.88. The molecule has 2 heterocycles. The van der Waals surface area contributed by atoms with Crippen LogP contribution in [0.4, 0.5) is 9.80 Å². The number of urea groups is 1. The molecule has 0 radical (unpaired) electrons. The van der Waals surface area contributed by atoms with E-state index in [1.807, 2.05) is 6.92 Å². The van der Waals surface area contributed by atoms with Crippen LogP contribution in [0.15, 0.2) is 29.2 Å². The Kier molecular flexibility index (Phi) is 9.26. The van der Waals surface area contributed by atoms with Crippen molar-refractivity contribution < 1.29 is 22.8 Å². The molecule has 0 fully saturated rings. The summed E-state index contributed by atoms with van der Waals surface area (Å²) in [5, 5.41) is 22.1. The van der Waals surface area contributed by atoms with E-state index in [0.717, 1.165) is 40.3 Å². The van der Waals surface area contributed by atoms with Gasteiger partial charge in [0.2, 0.25) is 10.0 Å². The van der Waals surface area contributed by atoms with Crippen LogP contribution in [-0.4, -0.2) is 81.1 Å². The van der Waals surface area contributed by atoms with Gasteiger partial charge in [0.1, 0.15) is 5.00 Å². The molecule has 1 aromatic carbocycles. The molecule has 0 saturated heterocycles. The average molecular weight is 548 g/mol. The summed E-state index contributed by atoms with van der Waals surface area (Å²) in [5.74, 6) is -1.16. The topological polar surface area (TPSA) is 176 Å². The van der Waals surface area contributed by atoms with Crippen molar-refractivity contribution in [1.29, 1.82) is 10.8 Å². The van der Waals surface area contributed by atoms with Crippen molar-refractivity contribution in [3.8, 4) is 0 Å². The number of hydrogen-bond donors (Lipinski definition) is 5. The van der Waals surface area contributed by atoms with Crippen LogP contribution in [0.3, 0.4) is 0 Å². The van der Waals surface area contributed by atoms with Crippen molar-refractivity contribution in [2.75, 3.05) is 38.5 Å². The van der Waals surface area contributed by atoms with Gasteiger partial charge in [-0.15, -0.1) is 11.3 Å². The number of nitrogens with one attached hydrogen (secondary N) is 5. The van der Waals surface area contributed by atoms with Crippen LogP contribution in [-0.2, 0) is 23.0 Å². The number of hydrogen-bond acceptors (Lipinski definition) is 9. The first-order valence-electron chi connectivity index (χ1n) is 11.5. The minimum Gasteiger partial charge on any atom is -0.341 e. The number of nitrogens with zero attached hydrogens (tertiary/aromatic N) is 2. The predicted octanol–water partition coefficient (Wildman–Crippen LogP) is 1.74. The highest BCUT2D eigenvalue weighted by Crippen LogP contribution is 2.37. The third-order valence-electron chi connectivity index (χ3n) is 5.84. The van der Waals surface area contributed by atoms with Gasteiger partial charge in [-0.05, 0) is 42.8 Å². The first kappa shape index (κ1) is 28.1. The molecule has 2 aromatic rings. The fourth-order valence-corrected chi connectivity index (χ4v) is 6.46. The molecule has 0 atom stereocenters. The molecule has 1 aromatic heterocycles. The standard InChI is InChI=1S/C23H29N7O5S2/c1-3-29-11-8-17-18(14-29)36-22(19(17)21(32)28-23(33)26-2)27-20(31)15-4-6-16(7-5-15)37(34,35)30(12-9-24)13-10-25/h4-7,9-10,24-25H,3,8,11-14H2,1-2H3,(H,27,31)(H2,26,28,32,33). The Morgan fingerprint density at radius 2 is 1.76 bits per heavy atom. The van der Waals surface area contributed by atoms with Crippen molar-refractivity contribution >= 4 is 56.6 Å². The fraction of sp³-hybridized carbons (Fsp3) is 0.348. The van der Waals surface area contributed by atoms with Gasteiger partial charge in [0, 0.05) is 56.1 Å². The van der Waals surface area contributed by atoms with Crippen LogP contribution in [0.25, 0.3) is 0 Å². The summed E-state index contributed by atoms with van der Waals surface area (Å²) in [5.41, 5.74) is 1.22. The number of carbonyl (C=O) groups excluding carboxylic acids is 3. The van der Waals surface area contributed by atoms with Crippen molar-refractivity contribution in [2.24, 2.45) is 0 Å². The minimum absolute atomic E-state index is 0.0790. The SMILES string of the molecule is CCN1CCc2c(sc(NC(=O)c3ccc(S(=O)(=O)N(CC=N)CC=N)cc3)c2C(=O)NC(=O)NC)C1. The van der Waals surface area contributed by atoms with E-state index in [1.54, 1.807) is 0 Å². The summed E-state index contributed by atoms with van der Waals surface area (Å²) in [4.78, 5) is 40.8. The van der Waals surface area contributed by atoms with Gasteiger partial charge in [0.25, 0.3) is 11.8 Å². The Hall–Kier alpha value is -3.46. The third kappa shape index (κ3) is 6.28. The molecule has 37 heavy (non-hydrogen) atoms. The number of carbonyl (C=O) groups is 3. The number of sulfonamides is 1. The van der Waals surface area contributed by atoms with Gasteiger partial charge >= 0.3 is 6.03 Å². The van der Waals surface area contributed by atoms with E-state index in [4.69, 9.17) is 10.8 Å². The molecule has 0 aliphatic carbocycles. The quantitative estimate of drug-likeness (QED) is 0.283. The highest BCUT2D eigenvalue weighted by atomic mass is 32.2. The Bertz CT molecular complexity index is 1300. The summed E-state index contributed by atoms with van der Waals surface area (Å²) >= 11 is 1.28. The van der Waals surface area contributed by atoms with Crippen LogP contribution in [0.5, 0.6) is 0 Å². The molecule has 4 amide bonds. The van der Waals surface area contributed by atoms with Gasteiger partial charge in [0.05, 0.1) is 10.5 Å². The summed E-state index contributed by atoms with van der Waals surface area (Å²) in [6.45, 7) is 3.89. The maximum atomic E-state index is 13.1. The Labute approximate surface area is 219 Å². The van der Waals surface area contributed by atoms with Crippen molar-refractivity contribution in [3.05, 3.63) is 45.8 Å². The molecular formula is C23H29N7O5S2. The van der Waals surface area contributed by atoms with Crippen molar-refractivity contribution in [2.45, 2.75) is 24.8 Å². The van der Waals surface area contributed by atoms with E-state index in [0.29, 0.717) is 18.0 Å². The molecule has 3 rings (SSSR count). The second-order valence-electron chi connectivity index (χ2n) is 8.07. The Morgan fingerprint density at radius 1 is 1.11 bits per heavy atom. The van der Waals surface area contributed by atoms with Gasteiger partial charge in [-0.1, -0.05) is 6.92 Å². The second-order valence-corrected chi connectivity index (χ2v) is 11.1. The van der Waals surface area contributed by atoms with Crippen LogP contribution >= 0.6 is 11.3 Å². The monoisotopic (exact) mass is 547 g/mol. The number of fused-ring (bicyclic) bond motifs is 1. The minimum atomic E-state index is -3.96. The first-order valence-corrected chi connectivity index (χ1v) is 13.7. The van der Waals surface area contributed by atoms with Crippen LogP contribution in [0.1, 0.15) is 38.1 Å². The average Bonchev–Trinajstić information content (AvgIpc) is 3.25. The lowest BCUT2D eigenvalue weighted by molar-refractivity contribution is 0.0964. The molecule has 1 aliphatic heterocycles. The van der Waals surface area contributed by atoms with E-state index in [2.05, 4.69) is 20.9 Å². The van der Waals surface area contributed by atoms with E-state index < -0.39 is 27.9 Å². The molecule has 0 saturated carbocycles.